The Hall–Kier alpha value is -1.47. The van der Waals surface area contributed by atoms with Crippen molar-refractivity contribution in [3.8, 4) is 0 Å². The van der Waals surface area contributed by atoms with Gasteiger partial charge in [-0.15, -0.1) is 0 Å². The Balaban J connectivity index is 2.10. The Labute approximate surface area is 124 Å². The summed E-state index contributed by atoms with van der Waals surface area (Å²) in [6.45, 7) is 7.18. The molecular weight excluding hydrogens is 274 g/mol. The fourth-order valence-corrected chi connectivity index (χ4v) is 2.46. The fraction of sp³-hybridized carbons (Fsp3) is 0.615. The molecule has 2 heterocycles. The van der Waals surface area contributed by atoms with Gasteiger partial charge in [0.25, 0.3) is 5.56 Å². The van der Waals surface area contributed by atoms with Crippen LogP contribution in [-0.2, 0) is 7.05 Å². The minimum atomic E-state index is -0.295. The van der Waals surface area contributed by atoms with Crippen LogP contribution >= 0.6 is 12.2 Å². The Bertz CT molecular complexity index is 560. The van der Waals surface area contributed by atoms with Gasteiger partial charge in [-0.1, -0.05) is 12.2 Å². The van der Waals surface area contributed by atoms with Crippen molar-refractivity contribution in [2.24, 2.45) is 12.8 Å². The van der Waals surface area contributed by atoms with E-state index in [2.05, 4.69) is 9.88 Å². The predicted octanol–water partition coefficient (Wildman–Crippen LogP) is -0.0330. The van der Waals surface area contributed by atoms with Crippen molar-refractivity contribution in [2.75, 3.05) is 31.1 Å². The lowest BCUT2D eigenvalue weighted by molar-refractivity contribution is 0.168. The fourth-order valence-electron chi connectivity index (χ4n) is 2.33. The van der Waals surface area contributed by atoms with Gasteiger partial charge in [0.15, 0.2) is 5.82 Å². The first-order valence-electron chi connectivity index (χ1n) is 6.65. The third-order valence-corrected chi connectivity index (χ3v) is 4.47. The molecule has 1 aromatic heterocycles. The van der Waals surface area contributed by atoms with Crippen molar-refractivity contribution in [3.63, 3.8) is 0 Å². The average Bonchev–Trinajstić information content (AvgIpc) is 2.42. The third-order valence-electron chi connectivity index (χ3n) is 3.97. The molecule has 1 aliphatic rings. The van der Waals surface area contributed by atoms with E-state index < -0.39 is 0 Å². The van der Waals surface area contributed by atoms with Gasteiger partial charge in [-0.2, -0.15) is 0 Å². The van der Waals surface area contributed by atoms with E-state index in [0.717, 1.165) is 26.2 Å². The SMILES string of the molecule is Cn1ccnc(N2CCN(C(C)(C)C(N)=S)CC2)c1=O. The molecule has 110 valence electrons. The van der Waals surface area contributed by atoms with Crippen molar-refractivity contribution in [1.82, 2.24) is 14.5 Å². The van der Waals surface area contributed by atoms with Crippen molar-refractivity contribution in [1.29, 1.82) is 0 Å². The minimum absolute atomic E-state index is 0.0606. The summed E-state index contributed by atoms with van der Waals surface area (Å²) in [7, 11) is 1.74. The number of hydrogen-bond donors (Lipinski definition) is 1. The summed E-state index contributed by atoms with van der Waals surface area (Å²) in [4.78, 5) is 21.0. The number of thiocarbonyl (C=S) groups is 1. The van der Waals surface area contributed by atoms with Gasteiger partial charge in [0.2, 0.25) is 0 Å². The van der Waals surface area contributed by atoms with Crippen LogP contribution in [0.3, 0.4) is 0 Å². The molecule has 1 aromatic rings. The second kappa shape index (κ2) is 5.49. The van der Waals surface area contributed by atoms with Crippen LogP contribution < -0.4 is 16.2 Å². The number of rotatable bonds is 3. The molecule has 0 aliphatic carbocycles. The van der Waals surface area contributed by atoms with Crippen molar-refractivity contribution in [3.05, 3.63) is 22.7 Å². The van der Waals surface area contributed by atoms with Crippen LogP contribution in [0.2, 0.25) is 0 Å². The summed E-state index contributed by atoms with van der Waals surface area (Å²) in [6.07, 6.45) is 3.32. The van der Waals surface area contributed by atoms with Crippen LogP contribution in [0.4, 0.5) is 5.82 Å². The maximum atomic E-state index is 12.1. The van der Waals surface area contributed by atoms with Crippen molar-refractivity contribution >= 4 is 23.0 Å². The molecule has 2 N–H and O–H groups in total. The lowest BCUT2D eigenvalue weighted by Crippen LogP contribution is -2.59. The number of piperazine rings is 1. The van der Waals surface area contributed by atoms with Crippen LogP contribution in [0.1, 0.15) is 13.8 Å². The predicted molar refractivity (Wildman–Crippen MR) is 84.1 cm³/mol. The van der Waals surface area contributed by atoms with Crippen LogP contribution in [0.15, 0.2) is 17.2 Å². The molecule has 0 spiro atoms. The van der Waals surface area contributed by atoms with Crippen LogP contribution in [0.5, 0.6) is 0 Å². The van der Waals surface area contributed by atoms with Gasteiger partial charge in [0, 0.05) is 45.6 Å². The normalized spacial score (nSPS) is 17.2. The van der Waals surface area contributed by atoms with E-state index >= 15 is 0 Å². The highest BCUT2D eigenvalue weighted by Crippen LogP contribution is 2.18. The van der Waals surface area contributed by atoms with Gasteiger partial charge in [0.1, 0.15) is 0 Å². The van der Waals surface area contributed by atoms with Gasteiger partial charge >= 0.3 is 0 Å². The van der Waals surface area contributed by atoms with Gasteiger partial charge in [-0.05, 0) is 13.8 Å². The molecule has 1 fully saturated rings. The summed E-state index contributed by atoms with van der Waals surface area (Å²) in [5, 5.41) is 0. The van der Waals surface area contributed by atoms with E-state index in [0.29, 0.717) is 10.8 Å². The van der Waals surface area contributed by atoms with Crippen molar-refractivity contribution < 1.29 is 0 Å². The van der Waals surface area contributed by atoms with Crippen LogP contribution in [-0.4, -0.2) is 51.2 Å². The Morgan fingerprint density at radius 1 is 1.35 bits per heavy atom. The van der Waals surface area contributed by atoms with Crippen molar-refractivity contribution in [2.45, 2.75) is 19.4 Å². The molecule has 0 atom stereocenters. The Morgan fingerprint density at radius 2 is 1.95 bits per heavy atom. The number of anilines is 1. The molecule has 6 nitrogen and oxygen atoms in total. The van der Waals surface area contributed by atoms with E-state index in [4.69, 9.17) is 18.0 Å². The van der Waals surface area contributed by atoms with E-state index in [1.165, 1.54) is 0 Å². The van der Waals surface area contributed by atoms with E-state index in [1.54, 1.807) is 24.0 Å². The molecule has 0 radical (unpaired) electrons. The minimum Gasteiger partial charge on any atom is -0.392 e. The van der Waals surface area contributed by atoms with Crippen LogP contribution in [0, 0.1) is 0 Å². The topological polar surface area (TPSA) is 67.4 Å². The maximum Gasteiger partial charge on any atom is 0.293 e. The zero-order valence-electron chi connectivity index (χ0n) is 12.2. The maximum absolute atomic E-state index is 12.1. The molecule has 1 saturated heterocycles. The van der Waals surface area contributed by atoms with Gasteiger partial charge in [-0.3, -0.25) is 9.69 Å². The first-order chi connectivity index (χ1) is 9.34. The quantitative estimate of drug-likeness (QED) is 0.790. The Morgan fingerprint density at radius 3 is 2.50 bits per heavy atom. The molecule has 0 unspecified atom stereocenters. The largest absolute Gasteiger partial charge is 0.392 e. The molecule has 1 aliphatic heterocycles. The smallest absolute Gasteiger partial charge is 0.293 e. The lowest BCUT2D eigenvalue weighted by atomic mass is 10.0. The van der Waals surface area contributed by atoms with Crippen LogP contribution in [0.25, 0.3) is 0 Å². The zero-order valence-corrected chi connectivity index (χ0v) is 13.0. The van der Waals surface area contributed by atoms with Gasteiger partial charge < -0.3 is 15.2 Å². The first-order valence-corrected chi connectivity index (χ1v) is 7.06. The van der Waals surface area contributed by atoms with E-state index in [1.807, 2.05) is 18.7 Å². The summed E-state index contributed by atoms with van der Waals surface area (Å²) >= 11 is 5.13. The third kappa shape index (κ3) is 2.69. The van der Waals surface area contributed by atoms with Gasteiger partial charge in [-0.25, -0.2) is 4.98 Å². The number of aromatic nitrogens is 2. The van der Waals surface area contributed by atoms with E-state index in [-0.39, 0.29) is 11.1 Å². The molecule has 0 saturated carbocycles. The first kappa shape index (κ1) is 14.9. The highest BCUT2D eigenvalue weighted by molar-refractivity contribution is 7.80. The number of nitrogens with zero attached hydrogens (tertiary/aromatic N) is 4. The summed E-state index contributed by atoms with van der Waals surface area (Å²) in [5.74, 6) is 0.516. The average molecular weight is 295 g/mol. The monoisotopic (exact) mass is 295 g/mol. The molecule has 0 amide bonds. The highest BCUT2D eigenvalue weighted by Gasteiger charge is 2.32. The molecule has 0 aromatic carbocycles. The van der Waals surface area contributed by atoms with Gasteiger partial charge in [0.05, 0.1) is 10.5 Å². The Kier molecular flexibility index (Phi) is 4.10. The number of nitrogens with two attached hydrogens (primary N) is 1. The zero-order chi connectivity index (χ0) is 14.9. The second-order valence-corrected chi connectivity index (χ2v) is 6.00. The molecule has 20 heavy (non-hydrogen) atoms. The summed E-state index contributed by atoms with van der Waals surface area (Å²) < 4.78 is 1.55. The molecule has 7 heteroatoms. The highest BCUT2D eigenvalue weighted by atomic mass is 32.1. The summed E-state index contributed by atoms with van der Waals surface area (Å²) in [6, 6.07) is 0. The number of hydrogen-bond acceptors (Lipinski definition) is 5. The lowest BCUT2D eigenvalue weighted by Gasteiger charge is -2.43. The van der Waals surface area contributed by atoms with E-state index in [9.17, 15) is 4.79 Å². The molecular formula is C13H21N5OS. The standard InChI is InChI=1S/C13H21N5OS/c1-13(2,12(14)20)18-8-6-17(7-9-18)10-11(19)16(3)5-4-15-10/h4-5H,6-9H2,1-3H3,(H2,14,20). The number of aryl methyl sites for hydroxylation is 1. The summed E-state index contributed by atoms with van der Waals surface area (Å²) in [5.41, 5.74) is 5.45. The molecule has 0 bridgehead atoms. The molecule has 2 rings (SSSR count). The second-order valence-electron chi connectivity index (χ2n) is 5.56.